The van der Waals surface area contributed by atoms with Crippen LogP contribution in [0, 0.1) is 0 Å². The van der Waals surface area contributed by atoms with E-state index in [4.69, 9.17) is 4.74 Å². The van der Waals surface area contributed by atoms with Crippen LogP contribution in [0.3, 0.4) is 0 Å². The lowest BCUT2D eigenvalue weighted by Crippen LogP contribution is -2.41. The molecular weight excluding hydrogens is 377 g/mol. The number of ether oxygens (including phenoxy) is 1. The van der Waals surface area contributed by atoms with E-state index in [1.807, 2.05) is 0 Å². The second kappa shape index (κ2) is 8.51. The van der Waals surface area contributed by atoms with Gasteiger partial charge in [0, 0.05) is 18.2 Å². The molecule has 0 bridgehead atoms. The van der Waals surface area contributed by atoms with E-state index in [0.717, 1.165) is 6.07 Å². The average Bonchev–Trinajstić information content (AvgIpc) is 2.97. The number of nitrogens with one attached hydrogen (secondary N) is 2. The standard InChI is InChI=1S/C16H21F3N2O2S.ClH/c1-15(2,3)23-11-5-4-10(12(6-11)16(17,18)19)7-20-14(22)13-8-24-9-21-13;/h4-6,13,21H,7-9H2,1-3H3,(H,20,22);1H. The molecule has 0 aromatic heterocycles. The quantitative estimate of drug-likeness (QED) is 0.814. The van der Waals surface area contributed by atoms with Gasteiger partial charge in [0.2, 0.25) is 5.91 Å². The van der Waals surface area contributed by atoms with Crippen molar-refractivity contribution in [1.82, 2.24) is 10.6 Å². The van der Waals surface area contributed by atoms with Crippen LogP contribution in [0.25, 0.3) is 0 Å². The fourth-order valence-corrected chi connectivity index (χ4v) is 3.20. The maximum atomic E-state index is 13.3. The highest BCUT2D eigenvalue weighted by atomic mass is 35.5. The fraction of sp³-hybridized carbons (Fsp3) is 0.562. The molecule has 4 nitrogen and oxygen atoms in total. The predicted octanol–water partition coefficient (Wildman–Crippen LogP) is 3.58. The second-order valence-corrected chi connectivity index (χ2v) is 7.55. The van der Waals surface area contributed by atoms with E-state index in [1.165, 1.54) is 12.1 Å². The highest BCUT2D eigenvalue weighted by Crippen LogP contribution is 2.35. The minimum absolute atomic E-state index is 0. The van der Waals surface area contributed by atoms with Crippen LogP contribution < -0.4 is 15.4 Å². The largest absolute Gasteiger partial charge is 0.488 e. The Morgan fingerprint density at radius 1 is 1.36 bits per heavy atom. The normalized spacial score (nSPS) is 17.8. The monoisotopic (exact) mass is 398 g/mol. The van der Waals surface area contributed by atoms with Crippen molar-refractivity contribution in [2.75, 3.05) is 11.6 Å². The van der Waals surface area contributed by atoms with Crippen LogP contribution in [-0.4, -0.2) is 29.2 Å². The molecule has 1 aliphatic rings. The predicted molar refractivity (Wildman–Crippen MR) is 95.2 cm³/mol. The first kappa shape index (κ1) is 21.9. The maximum absolute atomic E-state index is 13.3. The van der Waals surface area contributed by atoms with Crippen LogP contribution in [0.1, 0.15) is 31.9 Å². The van der Waals surface area contributed by atoms with Crippen molar-refractivity contribution in [1.29, 1.82) is 0 Å². The Hall–Kier alpha value is -1.12. The van der Waals surface area contributed by atoms with Gasteiger partial charge in [-0.3, -0.25) is 10.1 Å². The topological polar surface area (TPSA) is 50.4 Å². The Morgan fingerprint density at radius 3 is 2.56 bits per heavy atom. The van der Waals surface area contributed by atoms with Crippen molar-refractivity contribution in [2.24, 2.45) is 0 Å². The molecule has 1 aliphatic heterocycles. The van der Waals surface area contributed by atoms with Crippen LogP contribution in [0.4, 0.5) is 13.2 Å². The van der Waals surface area contributed by atoms with Crippen LogP contribution in [0.2, 0.25) is 0 Å². The van der Waals surface area contributed by atoms with Gasteiger partial charge in [0.1, 0.15) is 11.4 Å². The van der Waals surface area contributed by atoms with E-state index in [1.54, 1.807) is 32.5 Å². The smallest absolute Gasteiger partial charge is 0.416 e. The van der Waals surface area contributed by atoms with Gasteiger partial charge in [0.15, 0.2) is 0 Å². The van der Waals surface area contributed by atoms with Gasteiger partial charge in [0.25, 0.3) is 0 Å². The molecule has 1 aromatic carbocycles. The number of benzene rings is 1. The number of rotatable bonds is 4. The minimum Gasteiger partial charge on any atom is -0.488 e. The van der Waals surface area contributed by atoms with Gasteiger partial charge in [-0.05, 0) is 38.5 Å². The molecule has 1 heterocycles. The van der Waals surface area contributed by atoms with Crippen LogP contribution in [0.15, 0.2) is 18.2 Å². The number of amides is 1. The van der Waals surface area contributed by atoms with E-state index >= 15 is 0 Å². The molecule has 2 N–H and O–H groups in total. The maximum Gasteiger partial charge on any atom is 0.416 e. The summed E-state index contributed by atoms with van der Waals surface area (Å²) >= 11 is 1.58. The SMILES string of the molecule is CC(C)(C)Oc1ccc(CNC(=O)C2CSCN2)c(C(F)(F)F)c1.Cl. The van der Waals surface area contributed by atoms with Gasteiger partial charge in [-0.15, -0.1) is 24.2 Å². The van der Waals surface area contributed by atoms with E-state index < -0.39 is 17.3 Å². The molecule has 1 atom stereocenters. The van der Waals surface area contributed by atoms with E-state index in [-0.39, 0.29) is 42.2 Å². The number of alkyl halides is 3. The molecule has 0 aliphatic carbocycles. The zero-order valence-corrected chi connectivity index (χ0v) is 15.8. The average molecular weight is 399 g/mol. The molecule has 1 unspecified atom stereocenters. The van der Waals surface area contributed by atoms with Crippen molar-refractivity contribution >= 4 is 30.1 Å². The summed E-state index contributed by atoms with van der Waals surface area (Å²) < 4.78 is 45.4. The third-order valence-electron chi connectivity index (χ3n) is 3.30. The second-order valence-electron chi connectivity index (χ2n) is 6.52. The Bertz CT molecular complexity index is 600. The summed E-state index contributed by atoms with van der Waals surface area (Å²) in [5, 5.41) is 5.55. The summed E-state index contributed by atoms with van der Waals surface area (Å²) in [5.74, 6) is 1.16. The van der Waals surface area contributed by atoms with Crippen molar-refractivity contribution < 1.29 is 22.7 Å². The minimum atomic E-state index is -4.52. The molecule has 9 heteroatoms. The molecule has 0 spiro atoms. The van der Waals surface area contributed by atoms with Crippen molar-refractivity contribution in [3.63, 3.8) is 0 Å². The fourth-order valence-electron chi connectivity index (χ4n) is 2.26. The summed E-state index contributed by atoms with van der Waals surface area (Å²) in [7, 11) is 0. The van der Waals surface area contributed by atoms with Gasteiger partial charge in [-0.25, -0.2) is 0 Å². The van der Waals surface area contributed by atoms with Crippen molar-refractivity contribution in [3.8, 4) is 5.75 Å². The van der Waals surface area contributed by atoms with Gasteiger partial charge in [-0.2, -0.15) is 13.2 Å². The molecule has 1 amide bonds. The molecule has 1 aromatic rings. The third kappa shape index (κ3) is 6.60. The van der Waals surface area contributed by atoms with Crippen LogP contribution in [-0.2, 0) is 17.5 Å². The molecule has 142 valence electrons. The van der Waals surface area contributed by atoms with E-state index in [0.29, 0.717) is 11.6 Å². The van der Waals surface area contributed by atoms with Crippen molar-refractivity contribution in [2.45, 2.75) is 45.1 Å². The Balaban J connectivity index is 0.00000312. The molecule has 1 fully saturated rings. The summed E-state index contributed by atoms with van der Waals surface area (Å²) in [4.78, 5) is 11.9. The lowest BCUT2D eigenvalue weighted by molar-refractivity contribution is -0.138. The van der Waals surface area contributed by atoms with Crippen LogP contribution in [0.5, 0.6) is 5.75 Å². The molecule has 0 saturated carbocycles. The number of carbonyl (C=O) groups is 1. The molecule has 2 rings (SSSR count). The van der Waals surface area contributed by atoms with Crippen LogP contribution >= 0.6 is 24.2 Å². The first-order valence-electron chi connectivity index (χ1n) is 7.54. The van der Waals surface area contributed by atoms with E-state index in [9.17, 15) is 18.0 Å². The molecular formula is C16H22ClF3N2O2S. The lowest BCUT2D eigenvalue weighted by Gasteiger charge is -2.23. The summed E-state index contributed by atoms with van der Waals surface area (Å²) in [5.41, 5.74) is -1.37. The molecule has 1 saturated heterocycles. The van der Waals surface area contributed by atoms with Gasteiger partial charge in [-0.1, -0.05) is 6.07 Å². The van der Waals surface area contributed by atoms with E-state index in [2.05, 4.69) is 10.6 Å². The highest BCUT2D eigenvalue weighted by Gasteiger charge is 2.34. The number of thioether (sulfide) groups is 1. The third-order valence-corrected chi connectivity index (χ3v) is 4.24. The Labute approximate surface area is 155 Å². The zero-order valence-electron chi connectivity index (χ0n) is 14.2. The van der Waals surface area contributed by atoms with Gasteiger partial charge < -0.3 is 10.1 Å². The lowest BCUT2D eigenvalue weighted by atomic mass is 10.1. The van der Waals surface area contributed by atoms with Gasteiger partial charge >= 0.3 is 6.18 Å². The summed E-state index contributed by atoms with van der Waals surface area (Å²) in [6, 6.07) is 3.47. The Morgan fingerprint density at radius 2 is 2.04 bits per heavy atom. The highest BCUT2D eigenvalue weighted by molar-refractivity contribution is 7.99. The number of hydrogen-bond acceptors (Lipinski definition) is 4. The number of hydrogen-bond donors (Lipinski definition) is 2. The van der Waals surface area contributed by atoms with Crippen molar-refractivity contribution in [3.05, 3.63) is 29.3 Å². The molecule has 25 heavy (non-hydrogen) atoms. The number of halogens is 4. The first-order chi connectivity index (χ1) is 11.1. The number of carbonyl (C=O) groups excluding carboxylic acids is 1. The zero-order chi connectivity index (χ0) is 18.0. The molecule has 0 radical (unpaired) electrons. The van der Waals surface area contributed by atoms with Gasteiger partial charge in [0.05, 0.1) is 11.6 Å². The summed E-state index contributed by atoms with van der Waals surface area (Å²) in [6.07, 6.45) is -4.52. The summed E-state index contributed by atoms with van der Waals surface area (Å²) in [6.45, 7) is 5.12. The Kier molecular flexibility index (Phi) is 7.46. The first-order valence-corrected chi connectivity index (χ1v) is 8.70.